The average Bonchev–Trinajstić information content (AvgIpc) is 3.44. The van der Waals surface area contributed by atoms with Gasteiger partial charge in [-0.05, 0) is 35.1 Å². The van der Waals surface area contributed by atoms with Crippen molar-refractivity contribution in [3.63, 3.8) is 0 Å². The number of fused-ring (bicyclic) bond motifs is 3. The lowest BCUT2D eigenvalue weighted by Crippen LogP contribution is -2.48. The molecule has 2 unspecified atom stereocenters. The van der Waals surface area contributed by atoms with Gasteiger partial charge in [0.2, 0.25) is 5.91 Å². The number of benzene rings is 2. The molecule has 0 aromatic heterocycles. The Labute approximate surface area is 198 Å². The molecular formula is C26H30N2O6. The third kappa shape index (κ3) is 5.07. The monoisotopic (exact) mass is 466 g/mol. The van der Waals surface area contributed by atoms with Gasteiger partial charge >= 0.3 is 12.1 Å². The zero-order valence-corrected chi connectivity index (χ0v) is 19.2. The number of carbonyl (C=O) groups is 3. The predicted molar refractivity (Wildman–Crippen MR) is 125 cm³/mol. The zero-order chi connectivity index (χ0) is 24.1. The van der Waals surface area contributed by atoms with Crippen molar-refractivity contribution < 1.29 is 29.0 Å². The molecule has 3 atom stereocenters. The SMILES string of the molecule is CCC[C@H](NC(=O)C1OCCC1CNC(=O)OCC1c2ccccc2-c2ccccc21)C(=O)O. The van der Waals surface area contributed by atoms with Gasteiger partial charge in [-0.1, -0.05) is 61.9 Å². The van der Waals surface area contributed by atoms with Gasteiger partial charge < -0.3 is 25.2 Å². The largest absolute Gasteiger partial charge is 0.480 e. The normalized spacial score (nSPS) is 19.7. The van der Waals surface area contributed by atoms with Crippen molar-refractivity contribution >= 4 is 18.0 Å². The molecule has 8 heteroatoms. The van der Waals surface area contributed by atoms with Crippen molar-refractivity contribution in [2.75, 3.05) is 19.8 Å². The number of ether oxygens (including phenoxy) is 2. The van der Waals surface area contributed by atoms with Crippen LogP contribution < -0.4 is 10.6 Å². The summed E-state index contributed by atoms with van der Waals surface area (Å²) in [4.78, 5) is 36.4. The summed E-state index contributed by atoms with van der Waals surface area (Å²) in [5, 5.41) is 14.6. The van der Waals surface area contributed by atoms with Crippen LogP contribution in [0.1, 0.15) is 43.2 Å². The molecule has 0 radical (unpaired) electrons. The van der Waals surface area contributed by atoms with E-state index in [4.69, 9.17) is 9.47 Å². The van der Waals surface area contributed by atoms with Crippen LogP contribution in [0.5, 0.6) is 0 Å². The van der Waals surface area contributed by atoms with Crippen LogP contribution in [0.15, 0.2) is 48.5 Å². The first-order chi connectivity index (χ1) is 16.5. The van der Waals surface area contributed by atoms with Gasteiger partial charge in [0, 0.05) is 25.0 Å². The summed E-state index contributed by atoms with van der Waals surface area (Å²) in [5.74, 6) is -1.81. The Hall–Kier alpha value is -3.39. The maximum atomic E-state index is 12.6. The van der Waals surface area contributed by atoms with Crippen molar-refractivity contribution in [2.45, 2.75) is 44.2 Å². The van der Waals surface area contributed by atoms with Crippen LogP contribution in [0, 0.1) is 5.92 Å². The summed E-state index contributed by atoms with van der Waals surface area (Å²) in [6, 6.07) is 15.3. The lowest BCUT2D eigenvalue weighted by Gasteiger charge is -2.21. The fourth-order valence-corrected chi connectivity index (χ4v) is 4.80. The summed E-state index contributed by atoms with van der Waals surface area (Å²) in [6.45, 7) is 2.65. The maximum absolute atomic E-state index is 12.6. The number of nitrogens with one attached hydrogen (secondary N) is 2. The highest BCUT2D eigenvalue weighted by atomic mass is 16.5. The Morgan fingerprint density at radius 2 is 1.74 bits per heavy atom. The molecule has 34 heavy (non-hydrogen) atoms. The molecule has 0 spiro atoms. The van der Waals surface area contributed by atoms with Crippen LogP contribution in [0.2, 0.25) is 0 Å². The summed E-state index contributed by atoms with van der Waals surface area (Å²) < 4.78 is 11.1. The summed E-state index contributed by atoms with van der Waals surface area (Å²) in [6.07, 6.45) is 0.217. The molecule has 8 nitrogen and oxygen atoms in total. The van der Waals surface area contributed by atoms with Crippen molar-refractivity contribution in [1.82, 2.24) is 10.6 Å². The van der Waals surface area contributed by atoms with Crippen molar-refractivity contribution in [2.24, 2.45) is 5.92 Å². The third-order valence-corrected chi connectivity index (χ3v) is 6.52. The minimum Gasteiger partial charge on any atom is -0.480 e. The molecule has 3 N–H and O–H groups in total. The van der Waals surface area contributed by atoms with Crippen molar-refractivity contribution in [3.8, 4) is 11.1 Å². The van der Waals surface area contributed by atoms with Gasteiger partial charge in [0.1, 0.15) is 18.8 Å². The van der Waals surface area contributed by atoms with E-state index in [1.807, 2.05) is 31.2 Å². The van der Waals surface area contributed by atoms with E-state index in [1.54, 1.807) is 0 Å². The first-order valence-corrected chi connectivity index (χ1v) is 11.7. The number of rotatable bonds is 9. The van der Waals surface area contributed by atoms with Crippen molar-refractivity contribution in [3.05, 3.63) is 59.7 Å². The molecule has 4 rings (SSSR count). The molecule has 2 amide bonds. The standard InChI is InChI=1S/C26H30N2O6/c1-2-7-22(25(30)31)28-24(29)23-16(12-13-33-23)14-27-26(32)34-15-21-19-10-5-3-8-17(19)18-9-4-6-11-20(18)21/h3-6,8-11,16,21-23H,2,7,12-15H2,1H3,(H,27,32)(H,28,29)(H,30,31)/t16?,22-,23?/m0/s1. The van der Waals surface area contributed by atoms with Crippen LogP contribution in [0.4, 0.5) is 4.79 Å². The molecule has 2 aromatic carbocycles. The number of aliphatic carboxylic acids is 1. The first-order valence-electron chi connectivity index (χ1n) is 11.7. The second-order valence-electron chi connectivity index (χ2n) is 8.73. The zero-order valence-electron chi connectivity index (χ0n) is 19.2. The van der Waals surface area contributed by atoms with E-state index in [2.05, 4.69) is 34.9 Å². The lowest BCUT2D eigenvalue weighted by atomic mass is 9.98. The van der Waals surface area contributed by atoms with E-state index in [0.717, 1.165) is 22.3 Å². The highest BCUT2D eigenvalue weighted by Crippen LogP contribution is 2.44. The third-order valence-electron chi connectivity index (χ3n) is 6.52. The maximum Gasteiger partial charge on any atom is 0.407 e. The Kier molecular flexibility index (Phi) is 7.47. The van der Waals surface area contributed by atoms with Crippen LogP contribution in [-0.4, -0.2) is 55.0 Å². The van der Waals surface area contributed by atoms with Gasteiger partial charge in [-0.15, -0.1) is 0 Å². The molecule has 0 saturated carbocycles. The number of carboxylic acids is 1. The molecule has 1 fully saturated rings. The molecule has 2 aromatic rings. The van der Waals surface area contributed by atoms with Gasteiger partial charge in [-0.25, -0.2) is 9.59 Å². The first kappa shape index (κ1) is 23.8. The smallest absolute Gasteiger partial charge is 0.407 e. The van der Waals surface area contributed by atoms with Crippen LogP contribution >= 0.6 is 0 Å². The van der Waals surface area contributed by atoms with Crippen LogP contribution in [0.25, 0.3) is 11.1 Å². The number of hydrogen-bond donors (Lipinski definition) is 3. The molecular weight excluding hydrogens is 436 g/mol. The minimum absolute atomic E-state index is 0.0296. The molecule has 1 aliphatic heterocycles. The van der Waals surface area contributed by atoms with Gasteiger partial charge in [0.15, 0.2) is 0 Å². The van der Waals surface area contributed by atoms with E-state index >= 15 is 0 Å². The minimum atomic E-state index is -1.07. The number of carbonyl (C=O) groups excluding carboxylic acids is 2. The molecule has 1 heterocycles. The second-order valence-corrected chi connectivity index (χ2v) is 8.73. The second kappa shape index (κ2) is 10.7. The van der Waals surface area contributed by atoms with Gasteiger partial charge in [-0.3, -0.25) is 4.79 Å². The highest BCUT2D eigenvalue weighted by molar-refractivity contribution is 5.86. The van der Waals surface area contributed by atoms with Crippen LogP contribution in [0.3, 0.4) is 0 Å². The number of amides is 2. The molecule has 1 saturated heterocycles. The molecule has 180 valence electrons. The van der Waals surface area contributed by atoms with E-state index in [1.165, 1.54) is 0 Å². The Morgan fingerprint density at radius 1 is 1.09 bits per heavy atom. The molecule has 1 aliphatic carbocycles. The Balaban J connectivity index is 1.30. The van der Waals surface area contributed by atoms with E-state index < -0.39 is 30.1 Å². The average molecular weight is 467 g/mol. The van der Waals surface area contributed by atoms with E-state index in [0.29, 0.717) is 25.9 Å². The Bertz CT molecular complexity index is 1010. The fourth-order valence-electron chi connectivity index (χ4n) is 4.80. The lowest BCUT2D eigenvalue weighted by molar-refractivity contribution is -0.144. The molecule has 2 aliphatic rings. The summed E-state index contributed by atoms with van der Waals surface area (Å²) >= 11 is 0. The van der Waals surface area contributed by atoms with Crippen LogP contribution in [-0.2, 0) is 19.1 Å². The topological polar surface area (TPSA) is 114 Å². The molecule has 0 bridgehead atoms. The van der Waals surface area contributed by atoms with Crippen molar-refractivity contribution in [1.29, 1.82) is 0 Å². The summed E-state index contributed by atoms with van der Waals surface area (Å²) in [7, 11) is 0. The number of alkyl carbamates (subject to hydrolysis) is 1. The summed E-state index contributed by atoms with van der Waals surface area (Å²) in [5.41, 5.74) is 4.59. The highest BCUT2D eigenvalue weighted by Gasteiger charge is 2.36. The van der Waals surface area contributed by atoms with Gasteiger partial charge in [-0.2, -0.15) is 0 Å². The number of hydrogen-bond acceptors (Lipinski definition) is 5. The fraction of sp³-hybridized carbons (Fsp3) is 0.423. The van der Waals surface area contributed by atoms with Gasteiger partial charge in [0.25, 0.3) is 0 Å². The Morgan fingerprint density at radius 3 is 2.35 bits per heavy atom. The van der Waals surface area contributed by atoms with E-state index in [-0.39, 0.29) is 25.0 Å². The quantitative estimate of drug-likeness (QED) is 0.523. The number of carboxylic acid groups (broad SMARTS) is 1. The predicted octanol–water partition coefficient (Wildman–Crippen LogP) is 3.30. The van der Waals surface area contributed by atoms with Gasteiger partial charge in [0.05, 0.1) is 0 Å². The van der Waals surface area contributed by atoms with E-state index in [9.17, 15) is 19.5 Å².